The number of carbonyl (C=O) groups is 2. The summed E-state index contributed by atoms with van der Waals surface area (Å²) in [6.45, 7) is 1.29. The smallest absolute Gasteiger partial charge is 0.223 e. The van der Waals surface area contributed by atoms with Crippen molar-refractivity contribution in [2.24, 2.45) is 11.8 Å². The third-order valence-electron chi connectivity index (χ3n) is 7.51. The third kappa shape index (κ3) is 4.96. The summed E-state index contributed by atoms with van der Waals surface area (Å²) in [5, 5.41) is 10.5. The molecule has 1 heterocycles. The Labute approximate surface area is 190 Å². The number of aliphatic hydroxyl groups excluding tert-OH is 1. The Hall–Kier alpha value is -2.46. The minimum Gasteiger partial charge on any atom is -0.393 e. The minimum atomic E-state index is -0.423. The Bertz CT molecular complexity index is 984. The summed E-state index contributed by atoms with van der Waals surface area (Å²) in [6, 6.07) is 14.5. The first-order valence-corrected chi connectivity index (χ1v) is 12.2. The van der Waals surface area contributed by atoms with Crippen LogP contribution in [0.1, 0.15) is 77.6 Å². The first-order valence-electron chi connectivity index (χ1n) is 12.2. The SMILES string of the molecule is O=C(CCC(O)CCC1Cc2ccccc2C1)c1ccc2c(c1)CN(C(=O)CC1CC1)C2. The van der Waals surface area contributed by atoms with E-state index in [-0.39, 0.29) is 11.7 Å². The number of rotatable bonds is 9. The lowest BCUT2D eigenvalue weighted by molar-refractivity contribution is -0.132. The molecule has 0 bridgehead atoms. The summed E-state index contributed by atoms with van der Waals surface area (Å²) in [5.41, 5.74) is 5.86. The van der Waals surface area contributed by atoms with Crippen LogP contribution in [0.15, 0.2) is 42.5 Å². The van der Waals surface area contributed by atoms with Crippen LogP contribution in [0, 0.1) is 11.8 Å². The van der Waals surface area contributed by atoms with Crippen molar-refractivity contribution in [1.29, 1.82) is 0 Å². The molecule has 0 aromatic heterocycles. The molecule has 32 heavy (non-hydrogen) atoms. The molecule has 1 fully saturated rings. The number of amides is 1. The van der Waals surface area contributed by atoms with Gasteiger partial charge in [0, 0.05) is 31.5 Å². The molecule has 3 aliphatic rings. The lowest BCUT2D eigenvalue weighted by atomic mass is 9.95. The van der Waals surface area contributed by atoms with Crippen LogP contribution in [0.5, 0.6) is 0 Å². The lowest BCUT2D eigenvalue weighted by Crippen LogP contribution is -2.25. The molecule has 1 saturated carbocycles. The molecular formula is C28H33NO3. The van der Waals surface area contributed by atoms with Crippen molar-refractivity contribution in [3.63, 3.8) is 0 Å². The summed E-state index contributed by atoms with van der Waals surface area (Å²) in [6.07, 6.45) is 7.49. The fraction of sp³-hybridized carbons (Fsp3) is 0.500. The van der Waals surface area contributed by atoms with Crippen molar-refractivity contribution in [2.45, 2.75) is 77.0 Å². The topological polar surface area (TPSA) is 57.6 Å². The zero-order chi connectivity index (χ0) is 22.1. The van der Waals surface area contributed by atoms with Crippen LogP contribution in [0.4, 0.5) is 0 Å². The highest BCUT2D eigenvalue weighted by atomic mass is 16.3. The molecule has 0 saturated heterocycles. The van der Waals surface area contributed by atoms with Gasteiger partial charge in [-0.15, -0.1) is 0 Å². The van der Waals surface area contributed by atoms with Crippen molar-refractivity contribution < 1.29 is 14.7 Å². The quantitative estimate of drug-likeness (QED) is 0.578. The van der Waals surface area contributed by atoms with E-state index in [1.165, 1.54) is 24.0 Å². The summed E-state index contributed by atoms with van der Waals surface area (Å²) in [7, 11) is 0. The first kappa shape index (κ1) is 21.4. The Morgan fingerprint density at radius 3 is 2.34 bits per heavy atom. The Balaban J connectivity index is 1.07. The van der Waals surface area contributed by atoms with Crippen molar-refractivity contribution in [1.82, 2.24) is 4.90 Å². The van der Waals surface area contributed by atoms with Gasteiger partial charge in [0.15, 0.2) is 5.78 Å². The third-order valence-corrected chi connectivity index (χ3v) is 7.51. The fourth-order valence-corrected chi connectivity index (χ4v) is 5.31. The van der Waals surface area contributed by atoms with E-state index in [2.05, 4.69) is 24.3 Å². The maximum Gasteiger partial charge on any atom is 0.223 e. The van der Waals surface area contributed by atoms with Gasteiger partial charge in [0.2, 0.25) is 5.91 Å². The summed E-state index contributed by atoms with van der Waals surface area (Å²) in [5.74, 6) is 1.53. The van der Waals surface area contributed by atoms with Crippen LogP contribution in [0.25, 0.3) is 0 Å². The van der Waals surface area contributed by atoms with E-state index in [1.807, 2.05) is 23.1 Å². The van der Waals surface area contributed by atoms with E-state index in [0.29, 0.717) is 49.8 Å². The molecule has 0 radical (unpaired) electrons. The molecule has 2 aromatic carbocycles. The predicted molar refractivity (Wildman–Crippen MR) is 124 cm³/mol. The number of ketones is 1. The Morgan fingerprint density at radius 1 is 0.906 bits per heavy atom. The number of hydrogen-bond donors (Lipinski definition) is 1. The normalized spacial score (nSPS) is 18.5. The van der Waals surface area contributed by atoms with Crippen molar-refractivity contribution in [3.05, 3.63) is 70.3 Å². The van der Waals surface area contributed by atoms with E-state index in [0.717, 1.165) is 36.8 Å². The van der Waals surface area contributed by atoms with Crippen LogP contribution >= 0.6 is 0 Å². The standard InChI is InChI=1S/C28H33NO3/c30-26(10-7-20-13-21-3-1-2-4-22(21)14-20)11-12-27(31)23-8-9-24-17-29(18-25(24)16-23)28(32)15-19-5-6-19/h1-4,8-9,16,19-20,26,30H,5-7,10-15,17-18H2. The zero-order valence-electron chi connectivity index (χ0n) is 18.8. The highest BCUT2D eigenvalue weighted by Gasteiger charge is 2.30. The van der Waals surface area contributed by atoms with Crippen LogP contribution in [0.3, 0.4) is 0 Å². The van der Waals surface area contributed by atoms with E-state index in [4.69, 9.17) is 0 Å². The number of carbonyl (C=O) groups excluding carboxylic acids is 2. The molecule has 1 N–H and O–H groups in total. The maximum absolute atomic E-state index is 12.7. The van der Waals surface area contributed by atoms with Crippen molar-refractivity contribution >= 4 is 11.7 Å². The summed E-state index contributed by atoms with van der Waals surface area (Å²) >= 11 is 0. The number of Topliss-reactive ketones (excluding diaryl/α,β-unsaturated/α-hetero) is 1. The molecule has 2 aliphatic carbocycles. The molecule has 4 heteroatoms. The molecule has 0 spiro atoms. The second-order valence-electron chi connectivity index (χ2n) is 10.1. The highest BCUT2D eigenvalue weighted by molar-refractivity contribution is 5.96. The van der Waals surface area contributed by atoms with E-state index < -0.39 is 6.10 Å². The molecule has 168 valence electrons. The van der Waals surface area contributed by atoms with Gasteiger partial charge in [0.1, 0.15) is 0 Å². The molecule has 4 nitrogen and oxygen atoms in total. The summed E-state index contributed by atoms with van der Waals surface area (Å²) < 4.78 is 0. The fourth-order valence-electron chi connectivity index (χ4n) is 5.31. The van der Waals surface area contributed by atoms with Gasteiger partial charge in [0.05, 0.1) is 6.10 Å². The molecule has 2 aromatic rings. The molecule has 1 amide bonds. The number of hydrogen-bond acceptors (Lipinski definition) is 3. The average molecular weight is 432 g/mol. The zero-order valence-corrected chi connectivity index (χ0v) is 18.8. The van der Waals surface area contributed by atoms with Gasteiger partial charge in [0.25, 0.3) is 0 Å². The lowest BCUT2D eigenvalue weighted by Gasteiger charge is -2.14. The van der Waals surface area contributed by atoms with Crippen LogP contribution < -0.4 is 0 Å². The Morgan fingerprint density at radius 2 is 1.62 bits per heavy atom. The first-order chi connectivity index (χ1) is 15.5. The molecule has 1 unspecified atom stereocenters. The van der Waals surface area contributed by atoms with Gasteiger partial charge in [-0.1, -0.05) is 36.4 Å². The van der Waals surface area contributed by atoms with Gasteiger partial charge < -0.3 is 10.0 Å². The van der Waals surface area contributed by atoms with E-state index in [9.17, 15) is 14.7 Å². The maximum atomic E-state index is 12.7. The number of fused-ring (bicyclic) bond motifs is 2. The summed E-state index contributed by atoms with van der Waals surface area (Å²) in [4.78, 5) is 27.1. The highest BCUT2D eigenvalue weighted by Crippen LogP contribution is 2.34. The second kappa shape index (κ2) is 9.19. The molecular weight excluding hydrogens is 398 g/mol. The van der Waals surface area contributed by atoms with Crippen molar-refractivity contribution in [3.8, 4) is 0 Å². The number of benzene rings is 2. The molecule has 1 aliphatic heterocycles. The van der Waals surface area contributed by atoms with Gasteiger partial charge >= 0.3 is 0 Å². The monoisotopic (exact) mass is 431 g/mol. The molecule has 1 atom stereocenters. The number of aliphatic hydroxyl groups is 1. The average Bonchev–Trinajstić information content (AvgIpc) is 3.35. The van der Waals surface area contributed by atoms with Crippen LogP contribution in [0.2, 0.25) is 0 Å². The minimum absolute atomic E-state index is 0.0860. The van der Waals surface area contributed by atoms with Gasteiger partial charge in [-0.2, -0.15) is 0 Å². The van der Waals surface area contributed by atoms with E-state index in [1.54, 1.807) is 0 Å². The van der Waals surface area contributed by atoms with Gasteiger partial charge in [-0.3, -0.25) is 9.59 Å². The van der Waals surface area contributed by atoms with E-state index >= 15 is 0 Å². The predicted octanol–water partition coefficient (Wildman–Crippen LogP) is 4.85. The number of nitrogens with zero attached hydrogens (tertiary/aromatic N) is 1. The van der Waals surface area contributed by atoms with Crippen molar-refractivity contribution in [2.75, 3.05) is 0 Å². The van der Waals surface area contributed by atoms with Crippen LogP contribution in [-0.2, 0) is 30.7 Å². The van der Waals surface area contributed by atoms with Gasteiger partial charge in [-0.05, 0) is 85.1 Å². The largest absolute Gasteiger partial charge is 0.393 e. The second-order valence-corrected chi connectivity index (χ2v) is 10.1. The molecule has 5 rings (SSSR count). The van der Waals surface area contributed by atoms with Crippen LogP contribution in [-0.4, -0.2) is 27.8 Å². The van der Waals surface area contributed by atoms with Gasteiger partial charge in [-0.25, -0.2) is 0 Å². The Kier molecular flexibility index (Phi) is 6.14.